The zero-order valence-electron chi connectivity index (χ0n) is 13.3. The lowest BCUT2D eigenvalue weighted by atomic mass is 9.95. The third-order valence-corrected chi connectivity index (χ3v) is 4.69. The number of fused-ring (bicyclic) bond motifs is 1. The highest BCUT2D eigenvalue weighted by Crippen LogP contribution is 2.29. The van der Waals surface area contributed by atoms with Gasteiger partial charge >= 0.3 is 5.69 Å². The van der Waals surface area contributed by atoms with Crippen molar-refractivity contribution >= 4 is 28.7 Å². The molecule has 23 heavy (non-hydrogen) atoms. The number of aromatic nitrogens is 4. The highest BCUT2D eigenvalue weighted by atomic mass is 35.5. The maximum absolute atomic E-state index is 12.9. The van der Waals surface area contributed by atoms with Gasteiger partial charge in [-0.15, -0.1) is 0 Å². The number of hydrogen-bond donors (Lipinski definition) is 0. The first-order valence-electron chi connectivity index (χ1n) is 7.84. The molecular weight excluding hydrogens is 318 g/mol. The van der Waals surface area contributed by atoms with E-state index in [2.05, 4.69) is 9.97 Å². The van der Waals surface area contributed by atoms with Gasteiger partial charge in [0, 0.05) is 20.0 Å². The third-order valence-electron chi connectivity index (χ3n) is 4.51. The van der Waals surface area contributed by atoms with Crippen molar-refractivity contribution in [2.45, 2.75) is 51.7 Å². The van der Waals surface area contributed by atoms with Crippen molar-refractivity contribution in [2.75, 3.05) is 7.05 Å². The molecule has 1 fully saturated rings. The van der Waals surface area contributed by atoms with Gasteiger partial charge in [0.05, 0.1) is 6.20 Å². The monoisotopic (exact) mass is 337 g/mol. The summed E-state index contributed by atoms with van der Waals surface area (Å²) in [4.78, 5) is 34.2. The normalized spacial score (nSPS) is 16.0. The summed E-state index contributed by atoms with van der Waals surface area (Å²) in [5.74, 6) is -0.106. The van der Waals surface area contributed by atoms with Crippen LogP contribution in [0.4, 0.5) is 0 Å². The minimum atomic E-state index is -0.156. The van der Waals surface area contributed by atoms with Crippen LogP contribution in [0, 0.1) is 0 Å². The zero-order valence-corrected chi connectivity index (χ0v) is 14.1. The maximum Gasteiger partial charge on any atom is 0.332 e. The van der Waals surface area contributed by atoms with Gasteiger partial charge in [-0.25, -0.2) is 9.78 Å². The fourth-order valence-electron chi connectivity index (χ4n) is 3.15. The van der Waals surface area contributed by atoms with Gasteiger partial charge in [-0.1, -0.05) is 19.3 Å². The van der Waals surface area contributed by atoms with Crippen molar-refractivity contribution in [2.24, 2.45) is 0 Å². The summed E-state index contributed by atoms with van der Waals surface area (Å²) in [6, 6.07) is 0.133. The molecule has 2 heterocycles. The molecule has 0 spiro atoms. The molecule has 0 unspecified atom stereocenters. The van der Waals surface area contributed by atoms with Crippen LogP contribution in [-0.4, -0.2) is 37.0 Å². The van der Waals surface area contributed by atoms with E-state index >= 15 is 0 Å². The molecule has 0 bridgehead atoms. The van der Waals surface area contributed by atoms with Crippen LogP contribution in [-0.2, 0) is 11.5 Å². The van der Waals surface area contributed by atoms with E-state index in [1.54, 1.807) is 22.4 Å². The number of imidazole rings is 1. The fourth-order valence-corrected chi connectivity index (χ4v) is 3.28. The third kappa shape index (κ3) is 2.97. The van der Waals surface area contributed by atoms with Crippen LogP contribution < -0.4 is 5.69 Å². The molecule has 0 saturated heterocycles. The second-order valence-corrected chi connectivity index (χ2v) is 6.42. The molecule has 0 atom stereocenters. The Hall–Kier alpha value is -1.89. The van der Waals surface area contributed by atoms with E-state index in [9.17, 15) is 9.59 Å². The van der Waals surface area contributed by atoms with Crippen molar-refractivity contribution in [1.82, 2.24) is 24.0 Å². The molecule has 2 aromatic heterocycles. The lowest BCUT2D eigenvalue weighted by Gasteiger charge is -2.22. The summed E-state index contributed by atoms with van der Waals surface area (Å²) in [5.41, 5.74) is 1.01. The minimum Gasteiger partial charge on any atom is -0.328 e. The smallest absolute Gasteiger partial charge is 0.328 e. The number of amides is 1. The van der Waals surface area contributed by atoms with Gasteiger partial charge in [0.25, 0.3) is 0 Å². The van der Waals surface area contributed by atoms with Gasteiger partial charge in [0.1, 0.15) is 12.2 Å². The van der Waals surface area contributed by atoms with Gasteiger partial charge < -0.3 is 4.90 Å². The molecule has 0 N–H and O–H groups in total. The largest absolute Gasteiger partial charge is 0.332 e. The molecule has 0 radical (unpaired) electrons. The number of nitrogens with zero attached hydrogens (tertiary/aromatic N) is 5. The number of carbonyl (C=O) groups excluding carboxylic acids is 1. The Balaban J connectivity index is 2.15. The maximum atomic E-state index is 12.9. The van der Waals surface area contributed by atoms with Crippen molar-refractivity contribution in [3.63, 3.8) is 0 Å². The topological polar surface area (TPSA) is 73.0 Å². The van der Waals surface area contributed by atoms with E-state index < -0.39 is 0 Å². The molecule has 1 aliphatic carbocycles. The van der Waals surface area contributed by atoms with Crippen molar-refractivity contribution in [1.29, 1.82) is 0 Å². The van der Waals surface area contributed by atoms with Gasteiger partial charge in [-0.3, -0.25) is 13.9 Å². The van der Waals surface area contributed by atoms with E-state index in [1.807, 2.05) is 0 Å². The molecular formula is C15H20ClN5O2. The van der Waals surface area contributed by atoms with E-state index in [0.717, 1.165) is 25.7 Å². The number of hydrogen-bond acceptors (Lipinski definition) is 4. The Morgan fingerprint density at radius 2 is 2.09 bits per heavy atom. The molecule has 8 heteroatoms. The molecule has 1 aliphatic rings. The first-order chi connectivity index (χ1) is 11.0. The first kappa shape index (κ1) is 16.0. The summed E-state index contributed by atoms with van der Waals surface area (Å²) >= 11 is 5.94. The predicted molar refractivity (Wildman–Crippen MR) is 87.4 cm³/mol. The molecule has 1 saturated carbocycles. The van der Waals surface area contributed by atoms with E-state index in [4.69, 9.17) is 11.6 Å². The van der Waals surface area contributed by atoms with Crippen molar-refractivity contribution in [3.05, 3.63) is 22.0 Å². The van der Waals surface area contributed by atoms with Crippen LogP contribution in [0.3, 0.4) is 0 Å². The summed E-state index contributed by atoms with van der Waals surface area (Å²) in [5, 5.41) is 0.124. The highest BCUT2D eigenvalue weighted by Gasteiger charge is 2.24. The average molecular weight is 338 g/mol. The molecule has 1 amide bonds. The Morgan fingerprint density at radius 3 is 2.74 bits per heavy atom. The number of carbonyl (C=O) groups is 1. The standard InChI is InChI=1S/C15H20ClN5O2/c1-10(22)19(2)9-20-12-8-17-14(16)18-13(12)21(15(20)23)11-6-4-3-5-7-11/h8,11H,3-7,9H2,1-2H3. The van der Waals surface area contributed by atoms with Gasteiger partial charge in [0.2, 0.25) is 11.2 Å². The second-order valence-electron chi connectivity index (χ2n) is 6.08. The average Bonchev–Trinajstić information content (AvgIpc) is 2.79. The molecule has 0 aromatic carbocycles. The number of rotatable bonds is 3. The summed E-state index contributed by atoms with van der Waals surface area (Å²) < 4.78 is 3.28. The van der Waals surface area contributed by atoms with Crippen molar-refractivity contribution in [3.8, 4) is 0 Å². The van der Waals surface area contributed by atoms with Gasteiger partial charge in [-0.05, 0) is 24.4 Å². The zero-order chi connectivity index (χ0) is 16.6. The quantitative estimate of drug-likeness (QED) is 0.805. The molecule has 0 aliphatic heterocycles. The van der Waals surface area contributed by atoms with E-state index in [0.29, 0.717) is 11.2 Å². The van der Waals surface area contributed by atoms with Crippen LogP contribution in [0.1, 0.15) is 45.1 Å². The van der Waals surface area contributed by atoms with Gasteiger partial charge in [0.15, 0.2) is 5.65 Å². The first-order valence-corrected chi connectivity index (χ1v) is 8.22. The lowest BCUT2D eigenvalue weighted by Crippen LogP contribution is -2.34. The Labute approximate surface area is 138 Å². The van der Waals surface area contributed by atoms with Crippen LogP contribution in [0.2, 0.25) is 5.28 Å². The minimum absolute atomic E-state index is 0.106. The van der Waals surface area contributed by atoms with E-state index in [1.165, 1.54) is 18.2 Å². The van der Waals surface area contributed by atoms with Crippen LogP contribution >= 0.6 is 11.6 Å². The number of halogens is 1. The van der Waals surface area contributed by atoms with E-state index in [-0.39, 0.29) is 29.6 Å². The fraction of sp³-hybridized carbons (Fsp3) is 0.600. The summed E-state index contributed by atoms with van der Waals surface area (Å²) in [6.45, 7) is 1.65. The second kappa shape index (κ2) is 6.31. The molecule has 3 rings (SSSR count). The Bertz CT molecular complexity index is 791. The molecule has 2 aromatic rings. The van der Waals surface area contributed by atoms with Crippen LogP contribution in [0.25, 0.3) is 11.2 Å². The Morgan fingerprint density at radius 1 is 1.39 bits per heavy atom. The SMILES string of the molecule is CC(=O)N(C)Cn1c(=O)n(C2CCCCC2)c2nc(Cl)ncc21. The van der Waals surface area contributed by atoms with Gasteiger partial charge in [-0.2, -0.15) is 4.98 Å². The summed E-state index contributed by atoms with van der Waals surface area (Å²) in [7, 11) is 1.66. The van der Waals surface area contributed by atoms with Crippen LogP contribution in [0.5, 0.6) is 0 Å². The Kier molecular flexibility index (Phi) is 4.39. The highest BCUT2D eigenvalue weighted by molar-refractivity contribution is 6.28. The van der Waals surface area contributed by atoms with Crippen molar-refractivity contribution < 1.29 is 4.79 Å². The van der Waals surface area contributed by atoms with Crippen LogP contribution in [0.15, 0.2) is 11.0 Å². The lowest BCUT2D eigenvalue weighted by molar-refractivity contribution is -0.129. The molecule has 7 nitrogen and oxygen atoms in total. The summed E-state index contributed by atoms with van der Waals surface area (Å²) in [6.07, 6.45) is 6.89. The predicted octanol–water partition coefficient (Wildman–Crippen LogP) is 2.19. The molecule has 124 valence electrons.